The minimum absolute atomic E-state index is 0.142. The van der Waals surface area contributed by atoms with E-state index in [0.29, 0.717) is 18.1 Å². The van der Waals surface area contributed by atoms with E-state index < -0.39 is 17.6 Å². The molecule has 3 aromatic carbocycles. The Bertz CT molecular complexity index is 1420. The van der Waals surface area contributed by atoms with Crippen LogP contribution >= 0.6 is 11.6 Å². The molecule has 6 nitrogen and oxygen atoms in total. The molecule has 1 saturated carbocycles. The van der Waals surface area contributed by atoms with Gasteiger partial charge in [-0.15, -0.1) is 0 Å². The third-order valence-corrected chi connectivity index (χ3v) is 7.14. The van der Waals surface area contributed by atoms with E-state index in [1.54, 1.807) is 6.92 Å². The average Bonchev–Trinajstić information content (AvgIpc) is 3.68. The van der Waals surface area contributed by atoms with E-state index >= 15 is 0 Å². The van der Waals surface area contributed by atoms with Gasteiger partial charge in [0.25, 0.3) is 0 Å². The summed E-state index contributed by atoms with van der Waals surface area (Å²) in [5.41, 5.74) is 4.52. The topological polar surface area (TPSA) is 77.8 Å². The molecule has 1 aliphatic rings. The predicted molar refractivity (Wildman–Crippen MR) is 147 cm³/mol. The number of amides is 1. The van der Waals surface area contributed by atoms with E-state index in [-0.39, 0.29) is 11.0 Å². The highest BCUT2D eigenvalue weighted by Crippen LogP contribution is 2.49. The molecular weight excluding hydrogens is 502 g/mol. The maximum absolute atomic E-state index is 12.6. The molecule has 1 aliphatic carbocycles. The van der Waals surface area contributed by atoms with Crippen molar-refractivity contribution in [1.29, 1.82) is 0 Å². The van der Waals surface area contributed by atoms with Crippen LogP contribution in [0, 0.1) is 0 Å². The van der Waals surface area contributed by atoms with Crippen LogP contribution in [0.4, 0.5) is 10.5 Å². The molecule has 5 rings (SSSR count). The standard InChI is InChI=1S/C31H28ClNO5/c1-3-36-29(34)31(17-18-31)25-15-13-23(14-16-25)22-9-11-24(12-10-22)28-27(26(32)19-37-28)33-30(35)38-20(2)21-7-5-4-6-8-21/h4-16,19-20H,3,17-18H2,1-2H3,(H,33,35)/t20-/m1/s1. The number of benzene rings is 3. The minimum Gasteiger partial charge on any atom is -0.465 e. The fourth-order valence-electron chi connectivity index (χ4n) is 4.55. The summed E-state index contributed by atoms with van der Waals surface area (Å²) in [5, 5.41) is 3.00. The number of nitrogens with one attached hydrogen (secondary N) is 1. The lowest BCUT2D eigenvalue weighted by Gasteiger charge is -2.15. The Balaban J connectivity index is 1.29. The van der Waals surface area contributed by atoms with Gasteiger partial charge in [0, 0.05) is 5.56 Å². The van der Waals surface area contributed by atoms with E-state index in [1.807, 2.05) is 85.8 Å². The van der Waals surface area contributed by atoms with Crippen LogP contribution in [0.1, 0.15) is 43.9 Å². The highest BCUT2D eigenvalue weighted by molar-refractivity contribution is 6.34. The number of ether oxygens (including phenoxy) is 2. The van der Waals surface area contributed by atoms with Gasteiger partial charge in [-0.25, -0.2) is 4.79 Å². The maximum Gasteiger partial charge on any atom is 0.412 e. The molecule has 1 amide bonds. The number of carbonyl (C=O) groups is 2. The molecule has 0 saturated heterocycles. The summed E-state index contributed by atoms with van der Waals surface area (Å²) in [6.07, 6.45) is 1.97. The van der Waals surface area contributed by atoms with Gasteiger partial charge in [0.1, 0.15) is 23.1 Å². The summed E-state index contributed by atoms with van der Waals surface area (Å²) < 4.78 is 16.5. The van der Waals surface area contributed by atoms with Crippen LogP contribution in [0.2, 0.25) is 5.02 Å². The lowest BCUT2D eigenvalue weighted by atomic mass is 9.93. The zero-order chi connectivity index (χ0) is 26.7. The second-order valence-corrected chi connectivity index (χ2v) is 9.74. The smallest absolute Gasteiger partial charge is 0.412 e. The van der Waals surface area contributed by atoms with Gasteiger partial charge in [-0.3, -0.25) is 10.1 Å². The van der Waals surface area contributed by atoms with Gasteiger partial charge in [0.2, 0.25) is 0 Å². The molecule has 1 heterocycles. The summed E-state index contributed by atoms with van der Waals surface area (Å²) in [7, 11) is 0. The second kappa shape index (κ2) is 10.8. The van der Waals surface area contributed by atoms with Gasteiger partial charge in [-0.2, -0.15) is 0 Å². The Morgan fingerprint density at radius 2 is 1.55 bits per heavy atom. The molecule has 1 fully saturated rings. The molecule has 0 bridgehead atoms. The predicted octanol–water partition coefficient (Wildman–Crippen LogP) is 8.17. The molecule has 194 valence electrons. The molecule has 1 aromatic heterocycles. The number of hydrogen-bond donors (Lipinski definition) is 1. The van der Waals surface area contributed by atoms with Crippen LogP contribution in [-0.4, -0.2) is 18.7 Å². The number of halogens is 1. The third-order valence-electron chi connectivity index (χ3n) is 6.86. The Hall–Kier alpha value is -4.03. The van der Waals surface area contributed by atoms with E-state index in [9.17, 15) is 9.59 Å². The molecule has 0 radical (unpaired) electrons. The Kier molecular flexibility index (Phi) is 7.25. The van der Waals surface area contributed by atoms with Crippen molar-refractivity contribution in [3.63, 3.8) is 0 Å². The summed E-state index contributed by atoms with van der Waals surface area (Å²) in [6, 6.07) is 25.3. The zero-order valence-corrected chi connectivity index (χ0v) is 22.0. The zero-order valence-electron chi connectivity index (χ0n) is 21.2. The molecule has 0 aliphatic heterocycles. The monoisotopic (exact) mass is 529 g/mol. The minimum atomic E-state index is -0.626. The van der Waals surface area contributed by atoms with Crippen LogP contribution < -0.4 is 5.32 Å². The second-order valence-electron chi connectivity index (χ2n) is 9.33. The molecule has 7 heteroatoms. The van der Waals surface area contributed by atoms with Gasteiger partial charge < -0.3 is 13.9 Å². The van der Waals surface area contributed by atoms with Crippen LogP contribution in [-0.2, 0) is 19.7 Å². The fraction of sp³-hybridized carbons (Fsp3) is 0.226. The highest BCUT2D eigenvalue weighted by atomic mass is 35.5. The van der Waals surface area contributed by atoms with E-state index in [1.165, 1.54) is 6.26 Å². The Morgan fingerprint density at radius 1 is 0.947 bits per heavy atom. The van der Waals surface area contributed by atoms with Crippen molar-refractivity contribution in [1.82, 2.24) is 0 Å². The number of furan rings is 1. The molecular formula is C31H28ClNO5. The van der Waals surface area contributed by atoms with Gasteiger partial charge >= 0.3 is 12.1 Å². The number of carbonyl (C=O) groups excluding carboxylic acids is 2. The van der Waals surface area contributed by atoms with Gasteiger partial charge in [0.15, 0.2) is 5.76 Å². The van der Waals surface area contributed by atoms with Crippen LogP contribution in [0.15, 0.2) is 89.5 Å². The Labute approximate surface area is 226 Å². The van der Waals surface area contributed by atoms with Gasteiger partial charge in [-0.1, -0.05) is 90.5 Å². The summed E-state index contributed by atoms with van der Waals surface area (Å²) in [5.74, 6) is 0.295. The quantitative estimate of drug-likeness (QED) is 0.233. The number of esters is 1. The van der Waals surface area contributed by atoms with Gasteiger partial charge in [0.05, 0.1) is 12.0 Å². The van der Waals surface area contributed by atoms with E-state index in [4.69, 9.17) is 25.5 Å². The van der Waals surface area contributed by atoms with Crippen molar-refractivity contribution in [2.75, 3.05) is 11.9 Å². The first-order chi connectivity index (χ1) is 18.4. The molecule has 0 unspecified atom stereocenters. The normalized spacial score (nSPS) is 14.4. The van der Waals surface area contributed by atoms with Crippen molar-refractivity contribution in [2.45, 2.75) is 38.2 Å². The largest absolute Gasteiger partial charge is 0.465 e. The van der Waals surface area contributed by atoms with Crippen molar-refractivity contribution in [3.8, 4) is 22.5 Å². The van der Waals surface area contributed by atoms with Crippen molar-refractivity contribution in [3.05, 3.63) is 101 Å². The van der Waals surface area contributed by atoms with Gasteiger partial charge in [-0.05, 0) is 48.9 Å². The first-order valence-corrected chi connectivity index (χ1v) is 13.0. The molecule has 38 heavy (non-hydrogen) atoms. The highest BCUT2D eigenvalue weighted by Gasteiger charge is 2.52. The molecule has 4 aromatic rings. The molecule has 0 spiro atoms. The van der Waals surface area contributed by atoms with Crippen LogP contribution in [0.3, 0.4) is 0 Å². The first-order valence-electron chi connectivity index (χ1n) is 12.6. The molecule has 1 N–H and O–H groups in total. The third kappa shape index (κ3) is 5.18. The number of anilines is 1. The summed E-state index contributed by atoms with van der Waals surface area (Å²) in [4.78, 5) is 25.0. The van der Waals surface area contributed by atoms with E-state index in [2.05, 4.69) is 5.32 Å². The SMILES string of the molecule is CCOC(=O)C1(c2ccc(-c3ccc(-c4occ(Cl)c4NC(=O)O[C@H](C)c4ccccc4)cc3)cc2)CC1. The van der Waals surface area contributed by atoms with Crippen molar-refractivity contribution < 1.29 is 23.5 Å². The summed E-state index contributed by atoms with van der Waals surface area (Å²) in [6.45, 7) is 4.02. The van der Waals surface area contributed by atoms with Crippen molar-refractivity contribution in [2.24, 2.45) is 0 Å². The summed E-state index contributed by atoms with van der Waals surface area (Å²) >= 11 is 6.32. The Morgan fingerprint density at radius 3 is 2.16 bits per heavy atom. The van der Waals surface area contributed by atoms with E-state index in [0.717, 1.165) is 40.7 Å². The maximum atomic E-state index is 12.6. The number of hydrogen-bond acceptors (Lipinski definition) is 5. The average molecular weight is 530 g/mol. The molecule has 1 atom stereocenters. The lowest BCUT2D eigenvalue weighted by Crippen LogP contribution is -2.23. The van der Waals surface area contributed by atoms with Crippen LogP contribution in [0.25, 0.3) is 22.5 Å². The van der Waals surface area contributed by atoms with Crippen LogP contribution in [0.5, 0.6) is 0 Å². The lowest BCUT2D eigenvalue weighted by molar-refractivity contribution is -0.146. The first kappa shape index (κ1) is 25.6. The number of rotatable bonds is 8. The van der Waals surface area contributed by atoms with Crippen molar-refractivity contribution >= 4 is 29.4 Å². The fourth-order valence-corrected chi connectivity index (χ4v) is 4.73.